The van der Waals surface area contributed by atoms with Crippen LogP contribution in [0.4, 0.5) is 0 Å². The van der Waals surface area contributed by atoms with Crippen molar-refractivity contribution in [1.29, 1.82) is 0 Å². The van der Waals surface area contributed by atoms with E-state index in [1.807, 2.05) is 65.5 Å². The van der Waals surface area contributed by atoms with Crippen LogP contribution in [-0.4, -0.2) is 19.5 Å². The van der Waals surface area contributed by atoms with E-state index in [1.54, 1.807) is 12.5 Å². The largest absolute Gasteiger partial charge is 0.291 e. The van der Waals surface area contributed by atoms with Crippen molar-refractivity contribution >= 4 is 23.1 Å². The van der Waals surface area contributed by atoms with E-state index in [4.69, 9.17) is 0 Å². The fourth-order valence-corrected chi connectivity index (χ4v) is 2.40. The van der Waals surface area contributed by atoms with Crippen LogP contribution in [0.2, 0.25) is 0 Å². The van der Waals surface area contributed by atoms with Gasteiger partial charge in [0, 0.05) is 24.0 Å². The van der Waals surface area contributed by atoms with Crippen molar-refractivity contribution in [2.24, 2.45) is 0 Å². The van der Waals surface area contributed by atoms with Crippen molar-refractivity contribution in [3.05, 3.63) is 84.7 Å². The molecule has 0 aliphatic heterocycles. The lowest BCUT2D eigenvalue weighted by Crippen LogP contribution is -1.93. The Balaban J connectivity index is 1.57. The van der Waals surface area contributed by atoms with Crippen LogP contribution in [0.3, 0.4) is 0 Å². The molecule has 0 fully saturated rings. The minimum absolute atomic E-state index is 0.850. The van der Waals surface area contributed by atoms with E-state index in [9.17, 15) is 0 Å². The summed E-state index contributed by atoms with van der Waals surface area (Å²) in [6, 6.07) is 16.2. The summed E-state index contributed by atoms with van der Waals surface area (Å²) in [5.41, 5.74) is 2.97. The maximum atomic E-state index is 4.63. The fraction of sp³-hybridized carbons (Fsp3) is 0. The van der Waals surface area contributed by atoms with Gasteiger partial charge < -0.3 is 0 Å². The van der Waals surface area contributed by atoms with Gasteiger partial charge in [-0.2, -0.15) is 0 Å². The highest BCUT2D eigenvalue weighted by Crippen LogP contribution is 2.14. The third-order valence-electron chi connectivity index (χ3n) is 3.61. The van der Waals surface area contributed by atoms with E-state index in [0.29, 0.717) is 0 Å². The molecule has 23 heavy (non-hydrogen) atoms. The van der Waals surface area contributed by atoms with Gasteiger partial charge >= 0.3 is 0 Å². The summed E-state index contributed by atoms with van der Waals surface area (Å²) in [6.07, 6.45) is 11.2. The molecular formula is C19H14N4. The lowest BCUT2D eigenvalue weighted by atomic mass is 10.2. The lowest BCUT2D eigenvalue weighted by Gasteiger charge is -2.01. The van der Waals surface area contributed by atoms with Gasteiger partial charge in [-0.25, -0.2) is 15.0 Å². The molecule has 4 rings (SSSR count). The highest BCUT2D eigenvalue weighted by molar-refractivity contribution is 5.80. The van der Waals surface area contributed by atoms with Gasteiger partial charge in [0.2, 0.25) is 0 Å². The zero-order valence-electron chi connectivity index (χ0n) is 12.4. The molecule has 3 aromatic heterocycles. The Labute approximate surface area is 133 Å². The average molecular weight is 298 g/mol. The molecule has 0 bridgehead atoms. The van der Waals surface area contributed by atoms with Crippen LogP contribution in [0.25, 0.3) is 28.9 Å². The molecule has 0 atom stereocenters. The first-order valence-electron chi connectivity index (χ1n) is 7.37. The number of imidazole rings is 1. The molecule has 0 saturated carbocycles. The van der Waals surface area contributed by atoms with Gasteiger partial charge in [-0.3, -0.25) is 4.57 Å². The van der Waals surface area contributed by atoms with Crippen molar-refractivity contribution < 1.29 is 0 Å². The van der Waals surface area contributed by atoms with Gasteiger partial charge in [0.25, 0.3) is 0 Å². The zero-order chi connectivity index (χ0) is 15.5. The van der Waals surface area contributed by atoms with Gasteiger partial charge in [-0.15, -0.1) is 0 Å². The summed E-state index contributed by atoms with van der Waals surface area (Å²) >= 11 is 0. The lowest BCUT2D eigenvalue weighted by molar-refractivity contribution is 0.992. The number of fused-ring (bicyclic) bond motifs is 1. The summed E-state index contributed by atoms with van der Waals surface area (Å²) in [4.78, 5) is 13.1. The predicted octanol–water partition coefficient (Wildman–Crippen LogP) is 3.99. The minimum Gasteiger partial charge on any atom is -0.291 e. The van der Waals surface area contributed by atoms with E-state index in [0.717, 1.165) is 28.0 Å². The second-order valence-electron chi connectivity index (χ2n) is 5.18. The van der Waals surface area contributed by atoms with Crippen molar-refractivity contribution in [2.45, 2.75) is 0 Å². The Hall–Kier alpha value is -3.27. The summed E-state index contributed by atoms with van der Waals surface area (Å²) in [5.74, 6) is 0.850. The second-order valence-corrected chi connectivity index (χ2v) is 5.18. The molecule has 1 aromatic carbocycles. The van der Waals surface area contributed by atoms with E-state index in [2.05, 4.69) is 27.1 Å². The highest BCUT2D eigenvalue weighted by atomic mass is 15.1. The molecular weight excluding hydrogens is 284 g/mol. The van der Waals surface area contributed by atoms with Crippen LogP contribution in [-0.2, 0) is 0 Å². The molecule has 0 N–H and O–H groups in total. The quantitative estimate of drug-likeness (QED) is 0.574. The Morgan fingerprint density at radius 3 is 2.70 bits per heavy atom. The van der Waals surface area contributed by atoms with E-state index in [-0.39, 0.29) is 0 Å². The van der Waals surface area contributed by atoms with Crippen molar-refractivity contribution in [1.82, 2.24) is 19.5 Å². The summed E-state index contributed by atoms with van der Waals surface area (Å²) in [6.45, 7) is 0. The first-order valence-corrected chi connectivity index (χ1v) is 7.37. The standard InChI is InChI=1S/C19H14N4/c1-2-4-18-16(3-1)7-9-17(22-18)8-5-15-6-10-19(21-13-15)23-12-11-20-14-23/h1-14H/b8-5+. The third kappa shape index (κ3) is 2.87. The molecule has 4 heteroatoms. The van der Waals surface area contributed by atoms with Crippen LogP contribution in [0.5, 0.6) is 0 Å². The topological polar surface area (TPSA) is 43.6 Å². The SMILES string of the molecule is C(=C\c1ccc2ccccc2n1)/c1ccc(-n2ccnc2)nc1. The van der Waals surface area contributed by atoms with Gasteiger partial charge in [0.15, 0.2) is 0 Å². The van der Waals surface area contributed by atoms with Crippen LogP contribution in [0.15, 0.2) is 73.4 Å². The zero-order valence-corrected chi connectivity index (χ0v) is 12.4. The van der Waals surface area contributed by atoms with Crippen LogP contribution >= 0.6 is 0 Å². The molecule has 0 spiro atoms. The number of para-hydroxylation sites is 1. The maximum Gasteiger partial charge on any atom is 0.137 e. The first-order chi connectivity index (χ1) is 11.4. The molecule has 0 unspecified atom stereocenters. The van der Waals surface area contributed by atoms with Gasteiger partial charge in [-0.1, -0.05) is 30.3 Å². The van der Waals surface area contributed by atoms with Crippen molar-refractivity contribution in [3.8, 4) is 5.82 Å². The first kappa shape index (κ1) is 13.4. The van der Waals surface area contributed by atoms with Gasteiger partial charge in [0.05, 0.1) is 11.2 Å². The summed E-state index contributed by atoms with van der Waals surface area (Å²) < 4.78 is 1.87. The summed E-state index contributed by atoms with van der Waals surface area (Å²) in [7, 11) is 0. The van der Waals surface area contributed by atoms with E-state index in [1.165, 1.54) is 0 Å². The molecule has 4 aromatic rings. The summed E-state index contributed by atoms with van der Waals surface area (Å²) in [5, 5.41) is 1.15. The molecule has 0 saturated heterocycles. The number of hydrogen-bond acceptors (Lipinski definition) is 3. The Bertz CT molecular complexity index is 954. The average Bonchev–Trinajstić information content (AvgIpc) is 3.15. The molecule has 4 nitrogen and oxygen atoms in total. The van der Waals surface area contributed by atoms with E-state index < -0.39 is 0 Å². The molecule has 0 aliphatic rings. The van der Waals surface area contributed by atoms with Gasteiger partial charge in [-0.05, 0) is 35.9 Å². The molecule has 0 amide bonds. The molecule has 0 aliphatic carbocycles. The highest BCUT2D eigenvalue weighted by Gasteiger charge is 1.97. The minimum atomic E-state index is 0.850. The van der Waals surface area contributed by atoms with Crippen LogP contribution < -0.4 is 0 Å². The maximum absolute atomic E-state index is 4.63. The number of rotatable bonds is 3. The molecule has 0 radical (unpaired) electrons. The number of nitrogens with zero attached hydrogens (tertiary/aromatic N) is 4. The van der Waals surface area contributed by atoms with E-state index >= 15 is 0 Å². The molecule has 110 valence electrons. The smallest absolute Gasteiger partial charge is 0.137 e. The Morgan fingerprint density at radius 2 is 1.87 bits per heavy atom. The van der Waals surface area contributed by atoms with Crippen LogP contribution in [0, 0.1) is 0 Å². The predicted molar refractivity (Wildman–Crippen MR) is 92.0 cm³/mol. The normalized spacial score (nSPS) is 11.3. The van der Waals surface area contributed by atoms with Crippen LogP contribution in [0.1, 0.15) is 11.3 Å². The number of hydrogen-bond donors (Lipinski definition) is 0. The number of benzene rings is 1. The van der Waals surface area contributed by atoms with Gasteiger partial charge in [0.1, 0.15) is 12.1 Å². The number of aromatic nitrogens is 4. The van der Waals surface area contributed by atoms with Crippen molar-refractivity contribution in [2.75, 3.05) is 0 Å². The van der Waals surface area contributed by atoms with Crippen molar-refractivity contribution in [3.63, 3.8) is 0 Å². The Kier molecular flexibility index (Phi) is 3.41. The third-order valence-corrected chi connectivity index (χ3v) is 3.61. The fourth-order valence-electron chi connectivity index (χ4n) is 2.40. The number of pyridine rings is 2. The molecule has 3 heterocycles. The monoisotopic (exact) mass is 298 g/mol. The second kappa shape index (κ2) is 5.85. The Morgan fingerprint density at radius 1 is 0.913 bits per heavy atom.